The van der Waals surface area contributed by atoms with Crippen molar-refractivity contribution in [2.45, 2.75) is 24.2 Å². The Morgan fingerprint density at radius 2 is 2.12 bits per heavy atom. The van der Waals surface area contributed by atoms with Crippen molar-refractivity contribution >= 4 is 16.0 Å². The summed E-state index contributed by atoms with van der Waals surface area (Å²) < 4.78 is 31.1. The van der Waals surface area contributed by atoms with E-state index in [9.17, 15) is 13.2 Å². The molecule has 1 aromatic rings. The van der Waals surface area contributed by atoms with E-state index in [1.807, 2.05) is 6.92 Å². The Bertz CT molecular complexity index is 565. The predicted octanol–water partition coefficient (Wildman–Crippen LogP) is 0.845. The van der Waals surface area contributed by atoms with Crippen molar-refractivity contribution in [3.63, 3.8) is 0 Å². The Hall–Kier alpha value is -1.40. The molecule has 0 spiro atoms. The van der Waals surface area contributed by atoms with E-state index in [1.54, 1.807) is 6.07 Å². The van der Waals surface area contributed by atoms with E-state index in [1.165, 1.54) is 12.1 Å². The molecule has 5 nitrogen and oxygen atoms in total. The molecule has 1 aliphatic rings. The molecule has 17 heavy (non-hydrogen) atoms. The fourth-order valence-corrected chi connectivity index (χ4v) is 2.56. The highest BCUT2D eigenvalue weighted by atomic mass is 32.2. The van der Waals surface area contributed by atoms with Crippen molar-refractivity contribution in [2.24, 2.45) is 0 Å². The van der Waals surface area contributed by atoms with Gasteiger partial charge in [0.2, 0.25) is 5.91 Å². The summed E-state index contributed by atoms with van der Waals surface area (Å²) in [7, 11) is -4.22. The van der Waals surface area contributed by atoms with Crippen LogP contribution >= 0.6 is 0 Å². The van der Waals surface area contributed by atoms with Gasteiger partial charge < -0.3 is 5.32 Å². The lowest BCUT2D eigenvalue weighted by atomic mass is 9.94. The largest absolute Gasteiger partial charge is 0.356 e. The van der Waals surface area contributed by atoms with Crippen LogP contribution in [0.2, 0.25) is 0 Å². The lowest BCUT2D eigenvalue weighted by molar-refractivity contribution is -0.120. The van der Waals surface area contributed by atoms with Crippen molar-refractivity contribution < 1.29 is 17.8 Å². The number of carbonyl (C=O) groups is 1. The number of hydrogen-bond donors (Lipinski definition) is 2. The smallest absolute Gasteiger partial charge is 0.294 e. The highest BCUT2D eigenvalue weighted by Crippen LogP contribution is 2.28. The van der Waals surface area contributed by atoms with Gasteiger partial charge in [0.25, 0.3) is 10.1 Å². The van der Waals surface area contributed by atoms with Crippen LogP contribution in [0.1, 0.15) is 23.5 Å². The van der Waals surface area contributed by atoms with Gasteiger partial charge in [-0.15, -0.1) is 0 Å². The van der Waals surface area contributed by atoms with Crippen molar-refractivity contribution in [3.05, 3.63) is 29.3 Å². The molecule has 1 atom stereocenters. The molecule has 2 N–H and O–H groups in total. The molecule has 2 rings (SSSR count). The molecule has 0 saturated carbocycles. The van der Waals surface area contributed by atoms with Crippen LogP contribution in [-0.2, 0) is 14.9 Å². The van der Waals surface area contributed by atoms with E-state index in [0.29, 0.717) is 18.5 Å². The van der Waals surface area contributed by atoms with Crippen LogP contribution in [0.3, 0.4) is 0 Å². The maximum Gasteiger partial charge on any atom is 0.294 e. The predicted molar refractivity (Wildman–Crippen MR) is 61.4 cm³/mol. The van der Waals surface area contributed by atoms with Gasteiger partial charge in [-0.1, -0.05) is 6.07 Å². The fraction of sp³-hybridized carbons (Fsp3) is 0.364. The molecule has 0 bridgehead atoms. The number of hydrogen-bond acceptors (Lipinski definition) is 3. The van der Waals surface area contributed by atoms with E-state index < -0.39 is 10.1 Å². The Balaban J connectivity index is 2.50. The number of benzene rings is 1. The minimum absolute atomic E-state index is 0.0967. The number of nitrogens with one attached hydrogen (secondary N) is 1. The summed E-state index contributed by atoms with van der Waals surface area (Å²) in [6.45, 7) is 2.41. The Labute approximate surface area is 99.6 Å². The fourth-order valence-electron chi connectivity index (χ4n) is 2.05. The zero-order chi connectivity index (χ0) is 12.6. The van der Waals surface area contributed by atoms with Gasteiger partial charge in [0, 0.05) is 6.54 Å². The standard InChI is InChI=1S/C11H13NO4S/c1-7-2-3-8(17(14,15)16)6-10(7)9-4-5-12-11(9)13/h2-3,6,9H,4-5H2,1H3,(H,12,13)(H,14,15,16). The topological polar surface area (TPSA) is 83.5 Å². The van der Waals surface area contributed by atoms with E-state index in [4.69, 9.17) is 4.55 Å². The van der Waals surface area contributed by atoms with Gasteiger partial charge >= 0.3 is 0 Å². The van der Waals surface area contributed by atoms with Crippen molar-refractivity contribution in [1.82, 2.24) is 5.32 Å². The molecule has 1 amide bonds. The van der Waals surface area contributed by atoms with Crippen LogP contribution in [0.4, 0.5) is 0 Å². The van der Waals surface area contributed by atoms with Crippen LogP contribution in [-0.4, -0.2) is 25.4 Å². The normalized spacial score (nSPS) is 20.4. The quantitative estimate of drug-likeness (QED) is 0.767. The minimum atomic E-state index is -4.22. The number of carbonyl (C=O) groups excluding carboxylic acids is 1. The maximum atomic E-state index is 11.6. The van der Waals surface area contributed by atoms with Gasteiger partial charge in [-0.25, -0.2) is 0 Å². The van der Waals surface area contributed by atoms with Gasteiger partial charge in [0.05, 0.1) is 10.8 Å². The van der Waals surface area contributed by atoms with E-state index in [-0.39, 0.29) is 16.7 Å². The third-order valence-electron chi connectivity index (χ3n) is 2.97. The zero-order valence-corrected chi connectivity index (χ0v) is 10.1. The molecule has 1 fully saturated rings. The Kier molecular flexibility index (Phi) is 2.92. The van der Waals surface area contributed by atoms with Crippen LogP contribution in [0, 0.1) is 6.92 Å². The van der Waals surface area contributed by atoms with Crippen LogP contribution < -0.4 is 5.32 Å². The number of amides is 1. The molecule has 1 aromatic carbocycles. The van der Waals surface area contributed by atoms with Crippen molar-refractivity contribution in [2.75, 3.05) is 6.54 Å². The van der Waals surface area contributed by atoms with E-state index in [0.717, 1.165) is 5.56 Å². The molecule has 6 heteroatoms. The molecule has 1 saturated heterocycles. The Morgan fingerprint density at radius 3 is 2.65 bits per heavy atom. The first-order chi connectivity index (χ1) is 7.89. The van der Waals surface area contributed by atoms with Gasteiger partial charge in [0.15, 0.2) is 0 Å². The summed E-state index contributed by atoms with van der Waals surface area (Å²) in [6, 6.07) is 4.31. The average Bonchev–Trinajstić information content (AvgIpc) is 2.63. The minimum Gasteiger partial charge on any atom is -0.356 e. The summed E-state index contributed by atoms with van der Waals surface area (Å²) in [6.07, 6.45) is 0.647. The van der Waals surface area contributed by atoms with Crippen molar-refractivity contribution in [1.29, 1.82) is 0 Å². The van der Waals surface area contributed by atoms with Gasteiger partial charge in [0.1, 0.15) is 0 Å². The number of aryl methyl sites for hydroxylation is 1. The van der Waals surface area contributed by atoms with E-state index >= 15 is 0 Å². The first kappa shape index (κ1) is 12.1. The summed E-state index contributed by atoms with van der Waals surface area (Å²) in [5.74, 6) is -0.419. The molecule has 0 aliphatic carbocycles. The van der Waals surface area contributed by atoms with Crippen LogP contribution in [0.25, 0.3) is 0 Å². The number of rotatable bonds is 2. The van der Waals surface area contributed by atoms with Crippen LogP contribution in [0.15, 0.2) is 23.1 Å². The van der Waals surface area contributed by atoms with Gasteiger partial charge in [-0.05, 0) is 36.6 Å². The molecular formula is C11H13NO4S. The van der Waals surface area contributed by atoms with E-state index in [2.05, 4.69) is 5.32 Å². The molecule has 1 heterocycles. The summed E-state index contributed by atoms with van der Waals surface area (Å²) in [4.78, 5) is 11.4. The maximum absolute atomic E-state index is 11.6. The first-order valence-corrected chi connectivity index (χ1v) is 6.69. The zero-order valence-electron chi connectivity index (χ0n) is 9.30. The SMILES string of the molecule is Cc1ccc(S(=O)(=O)O)cc1C1CCNC1=O. The summed E-state index contributed by atoms with van der Waals surface area (Å²) in [5.41, 5.74) is 1.51. The third kappa shape index (κ3) is 2.32. The molecule has 1 unspecified atom stereocenters. The second kappa shape index (κ2) is 4.12. The molecule has 0 radical (unpaired) electrons. The highest BCUT2D eigenvalue weighted by molar-refractivity contribution is 7.85. The van der Waals surface area contributed by atoms with Gasteiger partial charge in [-0.2, -0.15) is 8.42 Å². The highest BCUT2D eigenvalue weighted by Gasteiger charge is 2.28. The second-order valence-corrected chi connectivity index (χ2v) is 5.55. The second-order valence-electron chi connectivity index (χ2n) is 4.13. The van der Waals surface area contributed by atoms with Crippen LogP contribution in [0.5, 0.6) is 0 Å². The first-order valence-electron chi connectivity index (χ1n) is 5.25. The van der Waals surface area contributed by atoms with Gasteiger partial charge in [-0.3, -0.25) is 9.35 Å². The Morgan fingerprint density at radius 1 is 1.41 bits per heavy atom. The third-order valence-corrected chi connectivity index (χ3v) is 3.82. The molecular weight excluding hydrogens is 242 g/mol. The molecule has 92 valence electrons. The lowest BCUT2D eigenvalue weighted by Crippen LogP contribution is -2.18. The van der Waals surface area contributed by atoms with Crippen molar-refractivity contribution in [3.8, 4) is 0 Å². The molecule has 1 aliphatic heterocycles. The molecule has 0 aromatic heterocycles. The lowest BCUT2D eigenvalue weighted by Gasteiger charge is -2.12. The average molecular weight is 255 g/mol. The summed E-state index contributed by atoms with van der Waals surface area (Å²) >= 11 is 0. The summed E-state index contributed by atoms with van der Waals surface area (Å²) in [5, 5.41) is 2.70. The monoisotopic (exact) mass is 255 g/mol.